The summed E-state index contributed by atoms with van der Waals surface area (Å²) in [7, 11) is 0. The zero-order valence-corrected chi connectivity index (χ0v) is 15.7. The molecular formula is C20H26N4O2. The lowest BCUT2D eigenvalue weighted by atomic mass is 10.1. The average molecular weight is 354 g/mol. The molecule has 3 rings (SSSR count). The van der Waals surface area contributed by atoms with Crippen LogP contribution in [-0.2, 0) is 16.0 Å². The number of piperazine rings is 1. The van der Waals surface area contributed by atoms with Crippen molar-refractivity contribution >= 4 is 11.8 Å². The highest BCUT2D eigenvalue weighted by Gasteiger charge is 2.30. The molecule has 0 bridgehead atoms. The van der Waals surface area contributed by atoms with Gasteiger partial charge in [0.25, 0.3) is 0 Å². The van der Waals surface area contributed by atoms with Crippen LogP contribution in [0.5, 0.6) is 0 Å². The third-order valence-electron chi connectivity index (χ3n) is 4.86. The number of hydrogen-bond donors (Lipinski definition) is 1. The Morgan fingerprint density at radius 3 is 2.62 bits per heavy atom. The molecule has 6 heteroatoms. The van der Waals surface area contributed by atoms with E-state index < -0.39 is 0 Å². The van der Waals surface area contributed by atoms with Gasteiger partial charge in [0, 0.05) is 25.2 Å². The summed E-state index contributed by atoms with van der Waals surface area (Å²) in [5.41, 5.74) is 4.22. The molecule has 1 N–H and O–H groups in total. The summed E-state index contributed by atoms with van der Waals surface area (Å²) in [6.45, 7) is 7.09. The maximum atomic E-state index is 12.6. The lowest BCUT2D eigenvalue weighted by Gasteiger charge is -2.34. The van der Waals surface area contributed by atoms with Crippen LogP contribution < -0.4 is 5.32 Å². The number of aromatic nitrogens is 2. The van der Waals surface area contributed by atoms with E-state index in [0.717, 1.165) is 22.6 Å². The van der Waals surface area contributed by atoms with E-state index in [1.807, 2.05) is 55.8 Å². The molecule has 26 heavy (non-hydrogen) atoms. The molecule has 0 saturated carbocycles. The van der Waals surface area contributed by atoms with E-state index in [2.05, 4.69) is 10.4 Å². The van der Waals surface area contributed by atoms with E-state index in [1.165, 1.54) is 0 Å². The summed E-state index contributed by atoms with van der Waals surface area (Å²) in [5.74, 6) is 0.00987. The largest absolute Gasteiger partial charge is 0.353 e. The fourth-order valence-electron chi connectivity index (χ4n) is 3.51. The van der Waals surface area contributed by atoms with Crippen LogP contribution in [0.2, 0.25) is 0 Å². The molecule has 2 amide bonds. The van der Waals surface area contributed by atoms with E-state index in [9.17, 15) is 9.59 Å². The predicted octanol–water partition coefficient (Wildman–Crippen LogP) is 2.16. The molecule has 138 valence electrons. The lowest BCUT2D eigenvalue weighted by Crippen LogP contribution is -2.56. The minimum absolute atomic E-state index is 0.0404. The number of benzene rings is 1. The van der Waals surface area contributed by atoms with Gasteiger partial charge in [-0.05, 0) is 50.5 Å². The molecule has 6 nitrogen and oxygen atoms in total. The molecule has 1 aliphatic heterocycles. The first-order valence-corrected chi connectivity index (χ1v) is 9.19. The van der Waals surface area contributed by atoms with Crippen LogP contribution >= 0.6 is 0 Å². The highest BCUT2D eigenvalue weighted by molar-refractivity contribution is 5.88. The lowest BCUT2D eigenvalue weighted by molar-refractivity contribution is -0.143. The van der Waals surface area contributed by atoms with Gasteiger partial charge in [0.1, 0.15) is 6.04 Å². The van der Waals surface area contributed by atoms with Crippen molar-refractivity contribution in [1.29, 1.82) is 0 Å². The molecule has 1 saturated heterocycles. The molecule has 0 aliphatic carbocycles. The summed E-state index contributed by atoms with van der Waals surface area (Å²) in [6, 6.07) is 9.86. The first-order chi connectivity index (χ1) is 12.5. The highest BCUT2D eigenvalue weighted by Crippen LogP contribution is 2.16. The summed E-state index contributed by atoms with van der Waals surface area (Å²) in [4.78, 5) is 26.2. The Kier molecular flexibility index (Phi) is 5.40. The van der Waals surface area contributed by atoms with Crippen LogP contribution in [0.1, 0.15) is 36.7 Å². The van der Waals surface area contributed by atoms with Gasteiger partial charge in [-0.1, -0.05) is 19.1 Å². The number of carbonyl (C=O) groups excluding carboxylic acids is 2. The van der Waals surface area contributed by atoms with Gasteiger partial charge in [-0.3, -0.25) is 9.59 Å². The monoisotopic (exact) mass is 354 g/mol. The number of rotatable bonds is 5. The summed E-state index contributed by atoms with van der Waals surface area (Å²) < 4.78 is 1.92. The van der Waals surface area contributed by atoms with Gasteiger partial charge in [-0.2, -0.15) is 5.10 Å². The van der Waals surface area contributed by atoms with E-state index >= 15 is 0 Å². The number of aryl methyl sites for hydroxylation is 3. The van der Waals surface area contributed by atoms with Gasteiger partial charge in [0.2, 0.25) is 11.8 Å². The van der Waals surface area contributed by atoms with Crippen LogP contribution in [-0.4, -0.2) is 45.6 Å². The Morgan fingerprint density at radius 1 is 1.27 bits per heavy atom. The van der Waals surface area contributed by atoms with Crippen LogP contribution in [0, 0.1) is 13.8 Å². The fourth-order valence-corrected chi connectivity index (χ4v) is 3.51. The Bertz CT molecular complexity index is 795. The molecule has 1 aliphatic rings. The fraction of sp³-hybridized carbons (Fsp3) is 0.450. The topological polar surface area (TPSA) is 67.2 Å². The normalized spacial score (nSPS) is 17.3. The van der Waals surface area contributed by atoms with Crippen LogP contribution in [0.25, 0.3) is 5.69 Å². The Hall–Kier alpha value is -2.63. The van der Waals surface area contributed by atoms with Crippen molar-refractivity contribution in [1.82, 2.24) is 20.0 Å². The van der Waals surface area contributed by atoms with Gasteiger partial charge in [-0.25, -0.2) is 4.68 Å². The summed E-state index contributed by atoms with van der Waals surface area (Å²) in [5, 5.41) is 7.32. The van der Waals surface area contributed by atoms with E-state index in [4.69, 9.17) is 0 Å². The number of nitrogens with zero attached hydrogens (tertiary/aromatic N) is 3. The van der Waals surface area contributed by atoms with Crippen molar-refractivity contribution in [2.45, 2.75) is 46.1 Å². The second-order valence-corrected chi connectivity index (χ2v) is 6.81. The molecule has 1 fully saturated rings. The van der Waals surface area contributed by atoms with Gasteiger partial charge in [-0.15, -0.1) is 0 Å². The third-order valence-corrected chi connectivity index (χ3v) is 4.86. The maximum Gasteiger partial charge on any atom is 0.242 e. The molecule has 1 aromatic carbocycles. The maximum absolute atomic E-state index is 12.6. The smallest absolute Gasteiger partial charge is 0.242 e. The number of nitrogens with one attached hydrogen (secondary N) is 1. The Balaban J connectivity index is 1.62. The van der Waals surface area contributed by atoms with Gasteiger partial charge >= 0.3 is 0 Å². The first kappa shape index (κ1) is 18.2. The average Bonchev–Trinajstić information content (AvgIpc) is 2.98. The number of carbonyl (C=O) groups is 2. The quantitative estimate of drug-likeness (QED) is 0.895. The summed E-state index contributed by atoms with van der Waals surface area (Å²) in [6.07, 6.45) is 1.74. The van der Waals surface area contributed by atoms with Gasteiger partial charge < -0.3 is 10.2 Å². The Morgan fingerprint density at radius 2 is 2.00 bits per heavy atom. The van der Waals surface area contributed by atoms with Crippen molar-refractivity contribution in [2.75, 3.05) is 13.1 Å². The van der Waals surface area contributed by atoms with Gasteiger partial charge in [0.15, 0.2) is 0 Å². The molecule has 2 aromatic rings. The minimum Gasteiger partial charge on any atom is -0.353 e. The SMILES string of the molecule is CCC1C(=O)NCCN1C(=O)CCc1ccc(-n2nc(C)cc2C)cc1. The van der Waals surface area contributed by atoms with Crippen LogP contribution in [0.4, 0.5) is 0 Å². The second kappa shape index (κ2) is 7.72. The van der Waals surface area contributed by atoms with Crippen molar-refractivity contribution in [3.63, 3.8) is 0 Å². The zero-order valence-electron chi connectivity index (χ0n) is 15.7. The van der Waals surface area contributed by atoms with Crippen molar-refractivity contribution in [2.24, 2.45) is 0 Å². The summed E-state index contributed by atoms with van der Waals surface area (Å²) >= 11 is 0. The Labute approximate surface area is 154 Å². The molecule has 2 heterocycles. The van der Waals surface area contributed by atoms with Crippen LogP contribution in [0.3, 0.4) is 0 Å². The van der Waals surface area contributed by atoms with Crippen molar-refractivity contribution in [3.8, 4) is 5.69 Å². The highest BCUT2D eigenvalue weighted by atomic mass is 16.2. The number of hydrogen-bond acceptors (Lipinski definition) is 3. The standard InChI is InChI=1S/C20H26N4O2/c1-4-18-20(26)21-11-12-23(18)19(25)10-7-16-5-8-17(9-6-16)24-15(3)13-14(2)22-24/h5-6,8-9,13,18H,4,7,10-12H2,1-3H3,(H,21,26). The second-order valence-electron chi connectivity index (χ2n) is 6.81. The first-order valence-electron chi connectivity index (χ1n) is 9.19. The van der Waals surface area contributed by atoms with E-state index in [-0.39, 0.29) is 17.9 Å². The van der Waals surface area contributed by atoms with Crippen LogP contribution in [0.15, 0.2) is 30.3 Å². The molecule has 1 atom stereocenters. The molecule has 1 aromatic heterocycles. The number of amides is 2. The predicted molar refractivity (Wildman–Crippen MR) is 100 cm³/mol. The van der Waals surface area contributed by atoms with E-state index in [1.54, 1.807) is 4.90 Å². The third kappa shape index (κ3) is 3.79. The molecular weight excluding hydrogens is 328 g/mol. The van der Waals surface area contributed by atoms with Gasteiger partial charge in [0.05, 0.1) is 11.4 Å². The zero-order chi connectivity index (χ0) is 18.7. The minimum atomic E-state index is -0.329. The molecule has 0 spiro atoms. The molecule has 1 unspecified atom stereocenters. The molecule has 0 radical (unpaired) electrons. The van der Waals surface area contributed by atoms with E-state index in [0.29, 0.717) is 32.4 Å². The van der Waals surface area contributed by atoms with Crippen molar-refractivity contribution in [3.05, 3.63) is 47.3 Å². The van der Waals surface area contributed by atoms with Crippen molar-refractivity contribution < 1.29 is 9.59 Å².